The van der Waals surface area contributed by atoms with Gasteiger partial charge in [0.2, 0.25) is 0 Å². The van der Waals surface area contributed by atoms with Gasteiger partial charge in [-0.25, -0.2) is 0 Å². The zero-order chi connectivity index (χ0) is 11.7. The summed E-state index contributed by atoms with van der Waals surface area (Å²) < 4.78 is 0. The van der Waals surface area contributed by atoms with Crippen LogP contribution in [0.1, 0.15) is 16.5 Å². The maximum Gasteiger partial charge on any atom is 0.0652 e. The Morgan fingerprint density at radius 2 is 1.67 bits per heavy atom. The summed E-state index contributed by atoms with van der Waals surface area (Å²) in [7, 11) is 0. The zero-order valence-corrected chi connectivity index (χ0v) is 11.4. The van der Waals surface area contributed by atoms with E-state index in [1.165, 1.54) is 21.2 Å². The van der Waals surface area contributed by atoms with Gasteiger partial charge in [0.15, 0.2) is 0 Å². The number of thiophene rings is 1. The fraction of sp³-hybridized carbons (Fsp3) is 0.0667. The molecule has 0 aliphatic carbocycles. The minimum Gasteiger partial charge on any atom is -0.320 e. The standard InChI is InChI=1S/C15H13NS.ClH/c16-15(14-9-4-10-17-14)13-8-3-6-11-5-1-2-7-12(11)13;/h1-10,15H,16H2;1H/t15-;/m0./s1. The summed E-state index contributed by atoms with van der Waals surface area (Å²) >= 11 is 1.71. The van der Waals surface area contributed by atoms with E-state index in [1.807, 2.05) is 6.07 Å². The van der Waals surface area contributed by atoms with Gasteiger partial charge in [-0.2, -0.15) is 0 Å². The molecule has 2 N–H and O–H groups in total. The molecule has 0 aliphatic rings. The lowest BCUT2D eigenvalue weighted by molar-refractivity contribution is 0.903. The van der Waals surface area contributed by atoms with Crippen molar-refractivity contribution in [1.29, 1.82) is 0 Å². The molecule has 1 aromatic heterocycles. The first-order valence-electron chi connectivity index (χ1n) is 5.63. The third-order valence-electron chi connectivity index (χ3n) is 3.01. The first-order chi connectivity index (χ1) is 8.36. The molecule has 1 heterocycles. The van der Waals surface area contributed by atoms with Crippen molar-refractivity contribution in [3.63, 3.8) is 0 Å². The topological polar surface area (TPSA) is 26.0 Å². The van der Waals surface area contributed by atoms with Crippen molar-refractivity contribution in [3.05, 3.63) is 70.4 Å². The second kappa shape index (κ2) is 5.53. The third kappa shape index (κ3) is 2.27. The number of halogens is 1. The number of rotatable bonds is 2. The molecule has 0 unspecified atom stereocenters. The van der Waals surface area contributed by atoms with E-state index in [0.29, 0.717) is 0 Å². The number of benzene rings is 2. The van der Waals surface area contributed by atoms with Crippen molar-refractivity contribution in [2.45, 2.75) is 6.04 Å². The molecule has 0 saturated carbocycles. The Hall–Kier alpha value is -1.35. The van der Waals surface area contributed by atoms with Crippen LogP contribution in [-0.2, 0) is 0 Å². The van der Waals surface area contributed by atoms with Gasteiger partial charge < -0.3 is 5.73 Å². The van der Waals surface area contributed by atoms with Crippen LogP contribution in [0.3, 0.4) is 0 Å². The van der Waals surface area contributed by atoms with E-state index in [-0.39, 0.29) is 18.4 Å². The third-order valence-corrected chi connectivity index (χ3v) is 3.96. The zero-order valence-electron chi connectivity index (χ0n) is 9.74. The van der Waals surface area contributed by atoms with E-state index in [2.05, 4.69) is 53.9 Å². The predicted octanol–water partition coefficient (Wildman–Crippen LogP) is 4.37. The van der Waals surface area contributed by atoms with Crippen molar-refractivity contribution in [3.8, 4) is 0 Å². The average molecular weight is 276 g/mol. The number of hydrogen-bond donors (Lipinski definition) is 1. The molecule has 1 nitrogen and oxygen atoms in total. The molecule has 2 aromatic carbocycles. The van der Waals surface area contributed by atoms with Crippen LogP contribution >= 0.6 is 23.7 Å². The Labute approximate surface area is 117 Å². The second-order valence-corrected chi connectivity index (χ2v) is 5.04. The molecule has 0 bridgehead atoms. The first-order valence-corrected chi connectivity index (χ1v) is 6.51. The summed E-state index contributed by atoms with van der Waals surface area (Å²) in [5.41, 5.74) is 7.54. The Balaban J connectivity index is 0.00000120. The number of nitrogens with two attached hydrogens (primary N) is 1. The van der Waals surface area contributed by atoms with Crippen LogP contribution in [0, 0.1) is 0 Å². The number of fused-ring (bicyclic) bond motifs is 1. The van der Waals surface area contributed by atoms with Crippen molar-refractivity contribution in [2.75, 3.05) is 0 Å². The quantitative estimate of drug-likeness (QED) is 0.738. The molecule has 0 fully saturated rings. The molecule has 92 valence electrons. The van der Waals surface area contributed by atoms with Crippen LogP contribution in [0.2, 0.25) is 0 Å². The van der Waals surface area contributed by atoms with Crippen molar-refractivity contribution in [1.82, 2.24) is 0 Å². The molecule has 0 spiro atoms. The van der Waals surface area contributed by atoms with Gasteiger partial charge >= 0.3 is 0 Å². The smallest absolute Gasteiger partial charge is 0.0652 e. The van der Waals surface area contributed by atoms with Gasteiger partial charge in [0.25, 0.3) is 0 Å². The van der Waals surface area contributed by atoms with E-state index in [0.717, 1.165) is 0 Å². The molecule has 0 radical (unpaired) electrons. The molecule has 3 heteroatoms. The lowest BCUT2D eigenvalue weighted by Crippen LogP contribution is -2.10. The van der Waals surface area contributed by atoms with E-state index < -0.39 is 0 Å². The van der Waals surface area contributed by atoms with Gasteiger partial charge in [0, 0.05) is 4.88 Å². The van der Waals surface area contributed by atoms with Crippen LogP contribution in [0.4, 0.5) is 0 Å². The summed E-state index contributed by atoms with van der Waals surface area (Å²) in [6, 6.07) is 18.8. The first kappa shape index (κ1) is 13.1. The molecular formula is C15H14ClNS. The van der Waals surface area contributed by atoms with Gasteiger partial charge in [0.05, 0.1) is 6.04 Å². The Morgan fingerprint density at radius 1 is 0.889 bits per heavy atom. The van der Waals surface area contributed by atoms with Crippen LogP contribution < -0.4 is 5.73 Å². The minimum atomic E-state index is -0.0268. The highest BCUT2D eigenvalue weighted by molar-refractivity contribution is 7.10. The largest absolute Gasteiger partial charge is 0.320 e. The molecule has 0 aliphatic heterocycles. The highest BCUT2D eigenvalue weighted by Crippen LogP contribution is 2.29. The average Bonchev–Trinajstić information content (AvgIpc) is 2.91. The van der Waals surface area contributed by atoms with Gasteiger partial charge in [-0.15, -0.1) is 23.7 Å². The highest BCUT2D eigenvalue weighted by Gasteiger charge is 2.12. The lowest BCUT2D eigenvalue weighted by atomic mass is 9.98. The molecule has 3 aromatic rings. The van der Waals surface area contributed by atoms with Crippen molar-refractivity contribution < 1.29 is 0 Å². The van der Waals surface area contributed by atoms with Gasteiger partial charge in [-0.05, 0) is 27.8 Å². The SMILES string of the molecule is Cl.N[C@H](c1cccs1)c1cccc2ccccc12. The normalized spacial score (nSPS) is 12.1. The summed E-state index contributed by atoms with van der Waals surface area (Å²) in [6.07, 6.45) is 0. The second-order valence-electron chi connectivity index (χ2n) is 4.06. The van der Waals surface area contributed by atoms with E-state index in [4.69, 9.17) is 5.73 Å². The van der Waals surface area contributed by atoms with E-state index in [9.17, 15) is 0 Å². The van der Waals surface area contributed by atoms with Crippen LogP contribution in [0.15, 0.2) is 60.0 Å². The minimum absolute atomic E-state index is 0. The lowest BCUT2D eigenvalue weighted by Gasteiger charge is -2.13. The Morgan fingerprint density at radius 3 is 2.44 bits per heavy atom. The molecule has 0 amide bonds. The molecule has 1 atom stereocenters. The number of hydrogen-bond acceptors (Lipinski definition) is 2. The summed E-state index contributed by atoms with van der Waals surface area (Å²) in [4.78, 5) is 1.21. The maximum atomic E-state index is 6.34. The van der Waals surface area contributed by atoms with Gasteiger partial charge in [-0.3, -0.25) is 0 Å². The fourth-order valence-corrected chi connectivity index (χ4v) is 2.89. The molecule has 18 heavy (non-hydrogen) atoms. The van der Waals surface area contributed by atoms with Gasteiger partial charge in [-0.1, -0.05) is 48.5 Å². The summed E-state index contributed by atoms with van der Waals surface area (Å²) in [6.45, 7) is 0. The Bertz CT molecular complexity index is 629. The molecule has 0 saturated heterocycles. The summed E-state index contributed by atoms with van der Waals surface area (Å²) in [5, 5.41) is 4.56. The van der Waals surface area contributed by atoms with Crippen molar-refractivity contribution >= 4 is 34.5 Å². The molecule has 3 rings (SSSR count). The predicted molar refractivity (Wildman–Crippen MR) is 81.5 cm³/mol. The van der Waals surface area contributed by atoms with E-state index in [1.54, 1.807) is 11.3 Å². The van der Waals surface area contributed by atoms with E-state index >= 15 is 0 Å². The van der Waals surface area contributed by atoms with Crippen LogP contribution in [-0.4, -0.2) is 0 Å². The van der Waals surface area contributed by atoms with Crippen LogP contribution in [0.5, 0.6) is 0 Å². The maximum absolute atomic E-state index is 6.34. The van der Waals surface area contributed by atoms with Crippen molar-refractivity contribution in [2.24, 2.45) is 5.73 Å². The molecular weight excluding hydrogens is 262 g/mol. The monoisotopic (exact) mass is 275 g/mol. The fourth-order valence-electron chi connectivity index (χ4n) is 2.14. The summed E-state index contributed by atoms with van der Waals surface area (Å²) in [5.74, 6) is 0. The van der Waals surface area contributed by atoms with Crippen LogP contribution in [0.25, 0.3) is 10.8 Å². The van der Waals surface area contributed by atoms with Gasteiger partial charge in [0.1, 0.15) is 0 Å². The highest BCUT2D eigenvalue weighted by atomic mass is 35.5. The Kier molecular flexibility index (Phi) is 4.02.